The predicted octanol–water partition coefficient (Wildman–Crippen LogP) is 1.17. The summed E-state index contributed by atoms with van der Waals surface area (Å²) in [6.07, 6.45) is 6.34. The van der Waals surface area contributed by atoms with Crippen LogP contribution in [0.15, 0.2) is 23.0 Å². The van der Waals surface area contributed by atoms with Crippen molar-refractivity contribution in [1.82, 2.24) is 10.6 Å². The third kappa shape index (κ3) is 4.16. The lowest BCUT2D eigenvalue weighted by Crippen LogP contribution is -2.33. The fraction of sp³-hybridized carbons (Fsp3) is 0.615. The van der Waals surface area contributed by atoms with Gasteiger partial charge in [-0.05, 0) is 38.4 Å². The minimum atomic E-state index is -0.0920. The summed E-state index contributed by atoms with van der Waals surface area (Å²) in [5.74, 6) is -0.0920. The van der Waals surface area contributed by atoms with E-state index in [9.17, 15) is 4.79 Å². The van der Waals surface area contributed by atoms with E-state index in [-0.39, 0.29) is 5.91 Å². The van der Waals surface area contributed by atoms with E-state index in [1.54, 1.807) is 6.07 Å². The highest BCUT2D eigenvalue weighted by Gasteiger charge is 2.12. The summed E-state index contributed by atoms with van der Waals surface area (Å²) in [4.78, 5) is 11.6. The Labute approximate surface area is 107 Å². The number of rotatable bonds is 6. The maximum atomic E-state index is 11.6. The molecule has 2 rings (SSSR count). The van der Waals surface area contributed by atoms with E-state index in [1.165, 1.54) is 12.5 Å². The summed E-state index contributed by atoms with van der Waals surface area (Å²) in [6.45, 7) is 3.43. The molecule has 5 nitrogen and oxygen atoms in total. The molecule has 1 amide bonds. The molecule has 2 N–H and O–H groups in total. The molecule has 1 fully saturated rings. The van der Waals surface area contributed by atoms with Gasteiger partial charge in [-0.15, -0.1) is 0 Å². The Hall–Kier alpha value is -1.33. The van der Waals surface area contributed by atoms with Gasteiger partial charge in [-0.3, -0.25) is 4.79 Å². The van der Waals surface area contributed by atoms with Gasteiger partial charge in [0.15, 0.2) is 0 Å². The molecular weight excluding hydrogens is 232 g/mol. The van der Waals surface area contributed by atoms with E-state index < -0.39 is 0 Å². The van der Waals surface area contributed by atoms with Gasteiger partial charge < -0.3 is 19.8 Å². The number of furan rings is 1. The van der Waals surface area contributed by atoms with Crippen LogP contribution in [0.25, 0.3) is 0 Å². The lowest BCUT2D eigenvalue weighted by molar-refractivity contribution is 0.0318. The average molecular weight is 252 g/mol. The highest BCUT2D eigenvalue weighted by Crippen LogP contribution is 2.07. The van der Waals surface area contributed by atoms with Gasteiger partial charge in [0.1, 0.15) is 6.26 Å². The standard InChI is InChI=1S/C13H20N2O3/c16-13(11-4-9-17-10-11)15-5-1-8-18-12-2-6-14-7-3-12/h4,9-10,12,14H,1-3,5-8H2,(H,15,16). The first kappa shape index (κ1) is 13.1. The fourth-order valence-corrected chi connectivity index (χ4v) is 1.98. The van der Waals surface area contributed by atoms with Crippen LogP contribution in [0.1, 0.15) is 29.6 Å². The minimum absolute atomic E-state index is 0.0920. The number of nitrogens with one attached hydrogen (secondary N) is 2. The third-order valence-electron chi connectivity index (χ3n) is 3.03. The molecule has 0 saturated carbocycles. The molecular formula is C13H20N2O3. The van der Waals surface area contributed by atoms with Crippen LogP contribution in [-0.2, 0) is 4.74 Å². The van der Waals surface area contributed by atoms with Gasteiger partial charge in [-0.2, -0.15) is 0 Å². The van der Waals surface area contributed by atoms with Crippen LogP contribution >= 0.6 is 0 Å². The summed E-state index contributed by atoms with van der Waals surface area (Å²) in [6, 6.07) is 1.65. The maximum absolute atomic E-state index is 11.6. The molecule has 100 valence electrons. The zero-order valence-electron chi connectivity index (χ0n) is 10.5. The maximum Gasteiger partial charge on any atom is 0.254 e. The van der Waals surface area contributed by atoms with Crippen LogP contribution in [0.3, 0.4) is 0 Å². The SMILES string of the molecule is O=C(NCCCOC1CCNCC1)c1ccoc1. The number of ether oxygens (including phenoxy) is 1. The molecule has 0 unspecified atom stereocenters. The molecule has 2 heterocycles. The monoisotopic (exact) mass is 252 g/mol. The molecule has 0 spiro atoms. The molecule has 0 bridgehead atoms. The quantitative estimate of drug-likeness (QED) is 0.746. The largest absolute Gasteiger partial charge is 0.472 e. The number of hydrogen-bond acceptors (Lipinski definition) is 4. The number of piperidine rings is 1. The van der Waals surface area contributed by atoms with Gasteiger partial charge in [0, 0.05) is 13.2 Å². The smallest absolute Gasteiger partial charge is 0.254 e. The van der Waals surface area contributed by atoms with Crippen molar-refractivity contribution in [2.75, 3.05) is 26.2 Å². The van der Waals surface area contributed by atoms with Crippen LogP contribution in [-0.4, -0.2) is 38.3 Å². The predicted molar refractivity (Wildman–Crippen MR) is 67.5 cm³/mol. The number of carbonyl (C=O) groups is 1. The fourth-order valence-electron chi connectivity index (χ4n) is 1.98. The highest BCUT2D eigenvalue weighted by atomic mass is 16.5. The Morgan fingerprint density at radius 1 is 1.50 bits per heavy atom. The summed E-state index contributed by atoms with van der Waals surface area (Å²) >= 11 is 0. The molecule has 1 aliphatic heterocycles. The molecule has 5 heteroatoms. The van der Waals surface area contributed by atoms with E-state index in [1.807, 2.05) is 0 Å². The lowest BCUT2D eigenvalue weighted by atomic mass is 10.1. The van der Waals surface area contributed by atoms with Gasteiger partial charge in [0.05, 0.1) is 17.9 Å². The molecule has 1 saturated heterocycles. The lowest BCUT2D eigenvalue weighted by Gasteiger charge is -2.22. The first-order valence-electron chi connectivity index (χ1n) is 6.49. The zero-order chi connectivity index (χ0) is 12.6. The van der Waals surface area contributed by atoms with Crippen molar-refractivity contribution in [2.24, 2.45) is 0 Å². The van der Waals surface area contributed by atoms with Crippen molar-refractivity contribution in [3.63, 3.8) is 0 Å². The van der Waals surface area contributed by atoms with E-state index in [0.29, 0.717) is 24.8 Å². The van der Waals surface area contributed by atoms with E-state index in [4.69, 9.17) is 9.15 Å². The van der Waals surface area contributed by atoms with Crippen LogP contribution in [0, 0.1) is 0 Å². The molecule has 18 heavy (non-hydrogen) atoms. The van der Waals surface area contributed by atoms with Crippen molar-refractivity contribution in [3.05, 3.63) is 24.2 Å². The average Bonchev–Trinajstić information content (AvgIpc) is 2.93. The summed E-state index contributed by atoms with van der Waals surface area (Å²) < 4.78 is 10.6. The van der Waals surface area contributed by atoms with Gasteiger partial charge in [0.2, 0.25) is 0 Å². The molecule has 0 atom stereocenters. The normalized spacial score (nSPS) is 16.7. The molecule has 1 aromatic heterocycles. The van der Waals surface area contributed by atoms with Crippen molar-refractivity contribution in [2.45, 2.75) is 25.4 Å². The Bertz CT molecular complexity index is 345. The Morgan fingerprint density at radius 3 is 3.06 bits per heavy atom. The van der Waals surface area contributed by atoms with Gasteiger partial charge in [-0.25, -0.2) is 0 Å². The van der Waals surface area contributed by atoms with Crippen molar-refractivity contribution >= 4 is 5.91 Å². The minimum Gasteiger partial charge on any atom is -0.472 e. The van der Waals surface area contributed by atoms with E-state index >= 15 is 0 Å². The van der Waals surface area contributed by atoms with Crippen LogP contribution in [0.4, 0.5) is 0 Å². The second-order valence-corrected chi connectivity index (χ2v) is 4.44. The number of amides is 1. The molecule has 0 aliphatic carbocycles. The van der Waals surface area contributed by atoms with Gasteiger partial charge in [0.25, 0.3) is 5.91 Å². The Morgan fingerprint density at radius 2 is 2.33 bits per heavy atom. The molecule has 0 radical (unpaired) electrons. The molecule has 0 aromatic carbocycles. The van der Waals surface area contributed by atoms with Crippen molar-refractivity contribution in [1.29, 1.82) is 0 Å². The van der Waals surface area contributed by atoms with Crippen LogP contribution in [0.2, 0.25) is 0 Å². The second-order valence-electron chi connectivity index (χ2n) is 4.44. The third-order valence-corrected chi connectivity index (χ3v) is 3.03. The van der Waals surface area contributed by atoms with E-state index in [2.05, 4.69) is 10.6 Å². The first-order valence-corrected chi connectivity index (χ1v) is 6.49. The summed E-state index contributed by atoms with van der Waals surface area (Å²) in [5, 5.41) is 6.13. The summed E-state index contributed by atoms with van der Waals surface area (Å²) in [5.41, 5.74) is 0.564. The summed E-state index contributed by atoms with van der Waals surface area (Å²) in [7, 11) is 0. The number of carbonyl (C=O) groups excluding carboxylic acids is 1. The molecule has 1 aromatic rings. The molecule has 1 aliphatic rings. The van der Waals surface area contributed by atoms with Crippen molar-refractivity contribution in [3.8, 4) is 0 Å². The second kappa shape index (κ2) is 7.18. The van der Waals surface area contributed by atoms with Gasteiger partial charge in [-0.1, -0.05) is 0 Å². The number of hydrogen-bond donors (Lipinski definition) is 2. The van der Waals surface area contributed by atoms with E-state index in [0.717, 1.165) is 32.4 Å². The van der Waals surface area contributed by atoms with Crippen molar-refractivity contribution < 1.29 is 13.9 Å². The zero-order valence-corrected chi connectivity index (χ0v) is 10.5. The van der Waals surface area contributed by atoms with Crippen LogP contribution < -0.4 is 10.6 Å². The van der Waals surface area contributed by atoms with Crippen LogP contribution in [0.5, 0.6) is 0 Å². The Balaban J connectivity index is 1.52. The first-order chi connectivity index (χ1) is 8.86. The Kier molecular flexibility index (Phi) is 5.23. The highest BCUT2D eigenvalue weighted by molar-refractivity contribution is 5.93. The topological polar surface area (TPSA) is 63.5 Å². The van der Waals surface area contributed by atoms with Gasteiger partial charge >= 0.3 is 0 Å².